The number of hydrogen-bond donors (Lipinski definition) is 1. The summed E-state index contributed by atoms with van der Waals surface area (Å²) in [4.78, 5) is 12.0. The van der Waals surface area contributed by atoms with E-state index in [0.717, 1.165) is 0 Å². The van der Waals surface area contributed by atoms with Crippen molar-refractivity contribution in [3.8, 4) is 5.75 Å². The molecule has 0 unspecified atom stereocenters. The lowest BCUT2D eigenvalue weighted by Crippen LogP contribution is -2.34. The molecule has 2 aromatic rings. The average Bonchev–Trinajstić information content (AvgIpc) is 2.60. The van der Waals surface area contributed by atoms with Gasteiger partial charge in [-0.2, -0.15) is 4.72 Å². The van der Waals surface area contributed by atoms with Crippen molar-refractivity contribution >= 4 is 16.0 Å². The molecule has 0 aliphatic carbocycles. The van der Waals surface area contributed by atoms with E-state index in [2.05, 4.69) is 4.72 Å². The molecular formula is C16H17NO5S. The van der Waals surface area contributed by atoms with E-state index >= 15 is 0 Å². The molecule has 0 aliphatic rings. The third kappa shape index (κ3) is 4.08. The van der Waals surface area contributed by atoms with Gasteiger partial charge in [-0.15, -0.1) is 0 Å². The molecule has 0 radical (unpaired) electrons. The molecule has 0 saturated heterocycles. The van der Waals surface area contributed by atoms with Crippen molar-refractivity contribution in [2.24, 2.45) is 0 Å². The van der Waals surface area contributed by atoms with Crippen molar-refractivity contribution in [3.63, 3.8) is 0 Å². The standard InChI is InChI=1S/C16H17NO5S/c1-21-13-8-10-14(11-9-13)23(19,20)17-15(16(18)22-2)12-6-4-3-5-7-12/h3-11,15,17H,1-2H3/t15-/m1/s1. The Labute approximate surface area is 135 Å². The molecule has 0 aliphatic heterocycles. The van der Waals surface area contributed by atoms with Crippen LogP contribution in [0.2, 0.25) is 0 Å². The summed E-state index contributed by atoms with van der Waals surface area (Å²) >= 11 is 0. The summed E-state index contributed by atoms with van der Waals surface area (Å²) in [5.74, 6) is -0.148. The van der Waals surface area contributed by atoms with Crippen LogP contribution in [0.1, 0.15) is 11.6 Å². The molecule has 0 fully saturated rings. The third-order valence-corrected chi connectivity index (χ3v) is 4.65. The summed E-state index contributed by atoms with van der Waals surface area (Å²) in [5.41, 5.74) is 0.497. The maximum Gasteiger partial charge on any atom is 0.328 e. The van der Waals surface area contributed by atoms with Crippen LogP contribution >= 0.6 is 0 Å². The van der Waals surface area contributed by atoms with Gasteiger partial charge in [0.1, 0.15) is 11.8 Å². The Morgan fingerprint density at radius 3 is 2.13 bits per heavy atom. The summed E-state index contributed by atoms with van der Waals surface area (Å²) in [6, 6.07) is 13.3. The Morgan fingerprint density at radius 2 is 1.61 bits per heavy atom. The van der Waals surface area contributed by atoms with Gasteiger partial charge in [-0.25, -0.2) is 13.2 Å². The van der Waals surface area contributed by atoms with Gasteiger partial charge in [-0.3, -0.25) is 0 Å². The molecule has 0 amide bonds. The molecule has 6 nitrogen and oxygen atoms in total. The summed E-state index contributed by atoms with van der Waals surface area (Å²) in [6.45, 7) is 0. The number of rotatable bonds is 6. The number of ether oxygens (including phenoxy) is 2. The number of sulfonamides is 1. The zero-order valence-corrected chi connectivity index (χ0v) is 13.5. The summed E-state index contributed by atoms with van der Waals surface area (Å²) in [6.07, 6.45) is 0. The molecule has 0 bridgehead atoms. The largest absolute Gasteiger partial charge is 0.497 e. The first kappa shape index (κ1) is 17.0. The number of carbonyl (C=O) groups excluding carboxylic acids is 1. The number of esters is 1. The third-order valence-electron chi connectivity index (χ3n) is 3.21. The number of hydrogen-bond acceptors (Lipinski definition) is 5. The molecule has 0 spiro atoms. The van der Waals surface area contributed by atoms with Gasteiger partial charge in [0, 0.05) is 0 Å². The summed E-state index contributed by atoms with van der Waals surface area (Å²) < 4.78 is 37.0. The van der Waals surface area contributed by atoms with E-state index < -0.39 is 22.0 Å². The van der Waals surface area contributed by atoms with E-state index in [1.165, 1.54) is 38.5 Å². The van der Waals surface area contributed by atoms with E-state index in [0.29, 0.717) is 11.3 Å². The molecule has 1 atom stereocenters. The summed E-state index contributed by atoms with van der Waals surface area (Å²) in [5, 5.41) is 0. The van der Waals surface area contributed by atoms with Gasteiger partial charge in [-0.05, 0) is 29.8 Å². The highest BCUT2D eigenvalue weighted by Crippen LogP contribution is 2.20. The van der Waals surface area contributed by atoms with Crippen LogP contribution in [0.4, 0.5) is 0 Å². The van der Waals surface area contributed by atoms with E-state index in [-0.39, 0.29) is 4.90 Å². The van der Waals surface area contributed by atoms with Crippen LogP contribution < -0.4 is 9.46 Å². The molecule has 7 heteroatoms. The van der Waals surface area contributed by atoms with Gasteiger partial charge in [0.05, 0.1) is 19.1 Å². The van der Waals surface area contributed by atoms with E-state index in [1.807, 2.05) is 0 Å². The molecule has 2 rings (SSSR count). The second-order valence-corrected chi connectivity index (χ2v) is 6.38. The van der Waals surface area contributed by atoms with E-state index in [1.54, 1.807) is 30.3 Å². The molecule has 2 aromatic carbocycles. The van der Waals surface area contributed by atoms with Crippen LogP contribution in [-0.4, -0.2) is 28.6 Å². The topological polar surface area (TPSA) is 81.7 Å². The predicted octanol–water partition coefficient (Wildman–Crippen LogP) is 1.89. The smallest absolute Gasteiger partial charge is 0.328 e. The highest BCUT2D eigenvalue weighted by Gasteiger charge is 2.27. The number of methoxy groups -OCH3 is 2. The van der Waals surface area contributed by atoms with E-state index in [9.17, 15) is 13.2 Å². The highest BCUT2D eigenvalue weighted by molar-refractivity contribution is 7.89. The second kappa shape index (κ2) is 7.26. The van der Waals surface area contributed by atoms with Crippen LogP contribution in [-0.2, 0) is 19.6 Å². The van der Waals surface area contributed by atoms with Crippen molar-refractivity contribution in [3.05, 3.63) is 60.2 Å². The fraction of sp³-hybridized carbons (Fsp3) is 0.188. The molecule has 122 valence electrons. The molecule has 0 heterocycles. The highest BCUT2D eigenvalue weighted by atomic mass is 32.2. The minimum absolute atomic E-state index is 0.0307. The first-order valence-corrected chi connectivity index (χ1v) is 8.25. The quantitative estimate of drug-likeness (QED) is 0.815. The Bertz CT molecular complexity index is 757. The predicted molar refractivity (Wildman–Crippen MR) is 84.5 cm³/mol. The molecule has 1 N–H and O–H groups in total. The molecule has 23 heavy (non-hydrogen) atoms. The van der Waals surface area contributed by atoms with Crippen molar-refractivity contribution in [1.29, 1.82) is 0 Å². The molecule has 0 aromatic heterocycles. The number of carbonyl (C=O) groups is 1. The van der Waals surface area contributed by atoms with E-state index in [4.69, 9.17) is 9.47 Å². The molecule has 0 saturated carbocycles. The van der Waals surface area contributed by atoms with Crippen molar-refractivity contribution in [2.45, 2.75) is 10.9 Å². The maximum atomic E-state index is 12.5. The normalized spacial score (nSPS) is 12.4. The van der Waals surface area contributed by atoms with Crippen LogP contribution in [0.3, 0.4) is 0 Å². The zero-order valence-electron chi connectivity index (χ0n) is 12.7. The van der Waals surface area contributed by atoms with Crippen LogP contribution in [0.5, 0.6) is 5.75 Å². The van der Waals surface area contributed by atoms with Crippen LogP contribution in [0, 0.1) is 0 Å². The van der Waals surface area contributed by atoms with Gasteiger partial charge in [0.25, 0.3) is 0 Å². The Morgan fingerprint density at radius 1 is 1.00 bits per heavy atom. The first-order chi connectivity index (χ1) is 11.0. The minimum atomic E-state index is -3.89. The average molecular weight is 335 g/mol. The van der Waals surface area contributed by atoms with Crippen molar-refractivity contribution in [2.75, 3.05) is 14.2 Å². The lowest BCUT2D eigenvalue weighted by Gasteiger charge is -2.17. The maximum absolute atomic E-state index is 12.5. The fourth-order valence-electron chi connectivity index (χ4n) is 1.99. The SMILES string of the molecule is COC(=O)[C@H](NS(=O)(=O)c1ccc(OC)cc1)c1ccccc1. The van der Waals surface area contributed by atoms with Gasteiger partial charge < -0.3 is 9.47 Å². The van der Waals surface area contributed by atoms with Gasteiger partial charge in [0.15, 0.2) is 0 Å². The van der Waals surface area contributed by atoms with Gasteiger partial charge in [0.2, 0.25) is 10.0 Å². The lowest BCUT2D eigenvalue weighted by molar-refractivity contribution is -0.142. The monoisotopic (exact) mass is 335 g/mol. The Balaban J connectivity index is 2.32. The number of nitrogens with one attached hydrogen (secondary N) is 1. The van der Waals surface area contributed by atoms with Gasteiger partial charge >= 0.3 is 5.97 Å². The Hall–Kier alpha value is -2.38. The molecular weight excluding hydrogens is 318 g/mol. The fourth-order valence-corrected chi connectivity index (χ4v) is 3.17. The van der Waals surface area contributed by atoms with Crippen molar-refractivity contribution in [1.82, 2.24) is 4.72 Å². The minimum Gasteiger partial charge on any atom is -0.497 e. The second-order valence-electron chi connectivity index (χ2n) is 4.66. The van der Waals surface area contributed by atoms with Crippen molar-refractivity contribution < 1.29 is 22.7 Å². The first-order valence-electron chi connectivity index (χ1n) is 6.77. The Kier molecular flexibility index (Phi) is 5.36. The zero-order chi connectivity index (χ0) is 16.9. The number of benzene rings is 2. The summed E-state index contributed by atoms with van der Waals surface area (Å²) in [7, 11) is -1.20. The van der Waals surface area contributed by atoms with Gasteiger partial charge in [-0.1, -0.05) is 30.3 Å². The van der Waals surface area contributed by atoms with Crippen LogP contribution in [0.25, 0.3) is 0 Å². The lowest BCUT2D eigenvalue weighted by atomic mass is 10.1. The van der Waals surface area contributed by atoms with Crippen LogP contribution in [0.15, 0.2) is 59.5 Å².